The molecule has 0 saturated heterocycles. The van der Waals surface area contributed by atoms with E-state index < -0.39 is 11.9 Å². The van der Waals surface area contributed by atoms with Crippen molar-refractivity contribution in [2.75, 3.05) is 4.90 Å². The maximum Gasteiger partial charge on any atom is 0.251 e. The molecule has 2 aromatic carbocycles. The number of tetrazole rings is 1. The van der Waals surface area contributed by atoms with Gasteiger partial charge >= 0.3 is 0 Å². The summed E-state index contributed by atoms with van der Waals surface area (Å²) in [6, 6.07) is 12.4. The maximum absolute atomic E-state index is 14.2. The number of benzene rings is 2. The second-order valence-corrected chi connectivity index (χ2v) is 9.45. The van der Waals surface area contributed by atoms with Crippen molar-refractivity contribution in [2.24, 2.45) is 0 Å². The molecule has 8 nitrogen and oxygen atoms in total. The fraction of sp³-hybridized carbons (Fsp3) is 0.423. The van der Waals surface area contributed by atoms with Gasteiger partial charge in [-0.2, -0.15) is 4.80 Å². The van der Waals surface area contributed by atoms with E-state index in [0.717, 1.165) is 43.3 Å². The van der Waals surface area contributed by atoms with E-state index in [1.807, 2.05) is 6.92 Å². The summed E-state index contributed by atoms with van der Waals surface area (Å²) in [5.74, 6) is -0.940. The Morgan fingerprint density at radius 1 is 1.17 bits per heavy atom. The molecule has 3 aromatic rings. The SMILES string of the molecule is CCCC[C@@H](C(=O)NC1CCCC1)N(C(=O)Cn1nnc(-c2ccccc2F)n1)c1ccc(Cl)cc1. The van der Waals surface area contributed by atoms with Crippen LogP contribution in [0.2, 0.25) is 5.02 Å². The van der Waals surface area contributed by atoms with Crippen LogP contribution in [-0.2, 0) is 16.1 Å². The third-order valence-electron chi connectivity index (χ3n) is 6.36. The highest BCUT2D eigenvalue weighted by molar-refractivity contribution is 6.30. The highest BCUT2D eigenvalue weighted by Crippen LogP contribution is 2.25. The van der Waals surface area contributed by atoms with Crippen LogP contribution in [-0.4, -0.2) is 44.1 Å². The summed E-state index contributed by atoms with van der Waals surface area (Å²) in [6.07, 6.45) is 6.24. The summed E-state index contributed by atoms with van der Waals surface area (Å²) in [5.41, 5.74) is 0.754. The molecule has 0 bridgehead atoms. The van der Waals surface area contributed by atoms with E-state index in [2.05, 4.69) is 20.7 Å². The summed E-state index contributed by atoms with van der Waals surface area (Å²) in [4.78, 5) is 29.7. The quantitative estimate of drug-likeness (QED) is 0.422. The molecule has 1 atom stereocenters. The number of anilines is 1. The van der Waals surface area contributed by atoms with Crippen molar-refractivity contribution in [3.63, 3.8) is 0 Å². The van der Waals surface area contributed by atoms with Crippen LogP contribution < -0.4 is 10.2 Å². The number of amides is 2. The highest BCUT2D eigenvalue weighted by atomic mass is 35.5. The lowest BCUT2D eigenvalue weighted by Gasteiger charge is -2.32. The predicted octanol–water partition coefficient (Wildman–Crippen LogP) is 4.78. The van der Waals surface area contributed by atoms with Crippen LogP contribution in [0.3, 0.4) is 0 Å². The number of aromatic nitrogens is 4. The number of hydrogen-bond donors (Lipinski definition) is 1. The first kappa shape index (κ1) is 25.8. The monoisotopic (exact) mass is 512 g/mol. The number of carbonyl (C=O) groups is 2. The normalized spacial score (nSPS) is 14.5. The van der Waals surface area contributed by atoms with E-state index in [4.69, 9.17) is 11.6 Å². The number of carbonyl (C=O) groups excluding carboxylic acids is 2. The minimum absolute atomic E-state index is 0.0838. The topological polar surface area (TPSA) is 93.0 Å². The number of nitrogens with one attached hydrogen (secondary N) is 1. The number of halogens is 2. The fourth-order valence-electron chi connectivity index (χ4n) is 4.50. The lowest BCUT2D eigenvalue weighted by Crippen LogP contribution is -2.52. The van der Waals surface area contributed by atoms with Gasteiger partial charge in [0.2, 0.25) is 11.7 Å². The van der Waals surface area contributed by atoms with Gasteiger partial charge in [0.1, 0.15) is 18.4 Å². The van der Waals surface area contributed by atoms with Crippen LogP contribution in [0, 0.1) is 5.82 Å². The van der Waals surface area contributed by atoms with Gasteiger partial charge in [-0.15, -0.1) is 10.2 Å². The van der Waals surface area contributed by atoms with Crippen molar-refractivity contribution in [1.29, 1.82) is 0 Å². The zero-order chi connectivity index (χ0) is 25.5. The second kappa shape index (κ2) is 12.1. The molecule has 1 aromatic heterocycles. The summed E-state index contributed by atoms with van der Waals surface area (Å²) in [5, 5.41) is 15.8. The zero-order valence-electron chi connectivity index (χ0n) is 20.2. The highest BCUT2D eigenvalue weighted by Gasteiger charge is 2.33. The van der Waals surface area contributed by atoms with Crippen molar-refractivity contribution >= 4 is 29.1 Å². The first-order chi connectivity index (χ1) is 17.5. The van der Waals surface area contributed by atoms with Crippen LogP contribution in [0.15, 0.2) is 48.5 Å². The van der Waals surface area contributed by atoms with Crippen molar-refractivity contribution in [2.45, 2.75) is 70.5 Å². The van der Waals surface area contributed by atoms with Crippen LogP contribution in [0.1, 0.15) is 51.9 Å². The first-order valence-electron chi connectivity index (χ1n) is 12.4. The van der Waals surface area contributed by atoms with Gasteiger partial charge in [-0.1, -0.05) is 56.3 Å². The summed E-state index contributed by atoms with van der Waals surface area (Å²) < 4.78 is 14.2. The zero-order valence-corrected chi connectivity index (χ0v) is 21.0. The van der Waals surface area contributed by atoms with Gasteiger partial charge in [-0.3, -0.25) is 14.5 Å². The smallest absolute Gasteiger partial charge is 0.251 e. The molecular formula is C26H30ClFN6O2. The number of unbranched alkanes of at least 4 members (excludes halogenated alkanes) is 1. The van der Waals surface area contributed by atoms with Crippen LogP contribution in [0.5, 0.6) is 0 Å². The Kier molecular flexibility index (Phi) is 8.64. The average molecular weight is 513 g/mol. The minimum Gasteiger partial charge on any atom is -0.352 e. The molecule has 0 aliphatic heterocycles. The maximum atomic E-state index is 14.2. The molecule has 0 unspecified atom stereocenters. The molecule has 2 amide bonds. The van der Waals surface area contributed by atoms with Crippen molar-refractivity contribution in [3.8, 4) is 11.4 Å². The van der Waals surface area contributed by atoms with E-state index in [1.165, 1.54) is 11.0 Å². The molecule has 0 radical (unpaired) electrons. The number of hydrogen-bond acceptors (Lipinski definition) is 5. The standard InChI is InChI=1S/C26H30ClFN6O2/c1-2-3-12-23(26(36)29-19-8-4-5-9-19)34(20-15-13-18(27)14-16-20)24(35)17-33-31-25(30-32-33)21-10-6-7-11-22(21)28/h6-7,10-11,13-16,19,23H,2-5,8-9,12,17H2,1H3,(H,29,36)/t23-/m0/s1. The van der Waals surface area contributed by atoms with E-state index in [9.17, 15) is 14.0 Å². The fourth-order valence-corrected chi connectivity index (χ4v) is 4.63. The van der Waals surface area contributed by atoms with E-state index in [-0.39, 0.29) is 35.8 Å². The van der Waals surface area contributed by atoms with Crippen LogP contribution >= 0.6 is 11.6 Å². The van der Waals surface area contributed by atoms with Crippen molar-refractivity contribution < 1.29 is 14.0 Å². The Hall–Kier alpha value is -3.33. The van der Waals surface area contributed by atoms with Gasteiger partial charge in [0.05, 0.1) is 5.56 Å². The number of rotatable bonds is 10. The average Bonchev–Trinajstić information content (AvgIpc) is 3.55. The number of nitrogens with zero attached hydrogens (tertiary/aromatic N) is 5. The minimum atomic E-state index is -0.700. The van der Waals surface area contributed by atoms with Crippen LogP contribution in [0.25, 0.3) is 11.4 Å². The van der Waals surface area contributed by atoms with Gasteiger partial charge < -0.3 is 5.32 Å². The Bertz CT molecular complexity index is 1180. The predicted molar refractivity (Wildman–Crippen MR) is 136 cm³/mol. The molecule has 36 heavy (non-hydrogen) atoms. The van der Waals surface area contributed by atoms with Crippen molar-refractivity contribution in [1.82, 2.24) is 25.5 Å². The Morgan fingerprint density at radius 2 is 1.89 bits per heavy atom. The molecule has 1 aliphatic rings. The Labute approximate surface area is 214 Å². The van der Waals surface area contributed by atoms with Gasteiger partial charge in [-0.05, 0) is 60.9 Å². The first-order valence-corrected chi connectivity index (χ1v) is 12.7. The van der Waals surface area contributed by atoms with E-state index >= 15 is 0 Å². The third kappa shape index (κ3) is 6.26. The third-order valence-corrected chi connectivity index (χ3v) is 6.62. The molecule has 1 aliphatic carbocycles. The molecule has 1 heterocycles. The van der Waals surface area contributed by atoms with Gasteiger partial charge in [0.25, 0.3) is 5.91 Å². The molecule has 0 spiro atoms. The van der Waals surface area contributed by atoms with Gasteiger partial charge in [0, 0.05) is 16.8 Å². The lowest BCUT2D eigenvalue weighted by molar-refractivity contribution is -0.127. The Balaban J connectivity index is 1.61. The molecule has 4 rings (SSSR count). The molecular weight excluding hydrogens is 483 g/mol. The molecule has 1 saturated carbocycles. The molecule has 10 heteroatoms. The summed E-state index contributed by atoms with van der Waals surface area (Å²) >= 11 is 6.09. The molecule has 190 valence electrons. The van der Waals surface area contributed by atoms with E-state index in [1.54, 1.807) is 42.5 Å². The summed E-state index contributed by atoms with van der Waals surface area (Å²) in [7, 11) is 0. The molecule has 1 N–H and O–H groups in total. The van der Waals surface area contributed by atoms with Crippen molar-refractivity contribution in [3.05, 3.63) is 59.4 Å². The van der Waals surface area contributed by atoms with Crippen LogP contribution in [0.4, 0.5) is 10.1 Å². The second-order valence-electron chi connectivity index (χ2n) is 9.01. The van der Waals surface area contributed by atoms with E-state index in [0.29, 0.717) is 17.1 Å². The lowest BCUT2D eigenvalue weighted by atomic mass is 10.0. The Morgan fingerprint density at radius 3 is 2.58 bits per heavy atom. The van der Waals surface area contributed by atoms with Gasteiger partial charge in [-0.25, -0.2) is 4.39 Å². The van der Waals surface area contributed by atoms with Gasteiger partial charge in [0.15, 0.2) is 0 Å². The molecule has 1 fully saturated rings. The summed E-state index contributed by atoms with van der Waals surface area (Å²) in [6.45, 7) is 1.79. The largest absolute Gasteiger partial charge is 0.352 e.